The molecule has 6 heteroatoms. The summed E-state index contributed by atoms with van der Waals surface area (Å²) < 4.78 is 5.98. The second-order valence-corrected chi connectivity index (χ2v) is 8.61. The van der Waals surface area contributed by atoms with Gasteiger partial charge in [0.2, 0.25) is 5.91 Å². The molecule has 2 aliphatic rings. The van der Waals surface area contributed by atoms with Gasteiger partial charge in [0.1, 0.15) is 5.75 Å². The zero-order valence-corrected chi connectivity index (χ0v) is 17.7. The fourth-order valence-electron chi connectivity index (χ4n) is 3.78. The van der Waals surface area contributed by atoms with Crippen LogP contribution in [0.3, 0.4) is 0 Å². The van der Waals surface area contributed by atoms with Crippen molar-refractivity contribution in [3.63, 3.8) is 0 Å². The maximum absolute atomic E-state index is 12.7. The average Bonchev–Trinajstić information content (AvgIpc) is 3.58. The maximum Gasteiger partial charge on any atom is 0.251 e. The number of carbonyl (C=O) groups excluding carboxylic acids is 2. The van der Waals surface area contributed by atoms with Gasteiger partial charge in [-0.3, -0.25) is 9.59 Å². The number of hydrogen-bond donors (Lipinski definition) is 1. The number of ether oxygens (including phenoxy) is 1. The topological polar surface area (TPSA) is 58.6 Å². The molecule has 1 saturated carbocycles. The van der Waals surface area contributed by atoms with Gasteiger partial charge >= 0.3 is 0 Å². The molecule has 0 spiro atoms. The fourth-order valence-corrected chi connectivity index (χ4v) is 3.98. The fraction of sp³-hybridized carbons (Fsp3) is 0.417. The van der Waals surface area contributed by atoms with Gasteiger partial charge in [0.25, 0.3) is 5.91 Å². The quantitative estimate of drug-likeness (QED) is 0.725. The van der Waals surface area contributed by atoms with Crippen molar-refractivity contribution in [1.82, 2.24) is 10.2 Å². The minimum Gasteiger partial charge on any atom is -0.493 e. The Labute approximate surface area is 182 Å². The average molecular weight is 427 g/mol. The number of amides is 2. The molecule has 1 heterocycles. The van der Waals surface area contributed by atoms with E-state index in [0.29, 0.717) is 41.9 Å². The molecular weight excluding hydrogens is 400 g/mol. The van der Waals surface area contributed by atoms with Crippen molar-refractivity contribution >= 4 is 23.4 Å². The smallest absolute Gasteiger partial charge is 0.251 e. The van der Waals surface area contributed by atoms with Crippen LogP contribution in [0.4, 0.5) is 0 Å². The van der Waals surface area contributed by atoms with Crippen molar-refractivity contribution in [3.8, 4) is 5.75 Å². The maximum atomic E-state index is 12.7. The molecule has 1 atom stereocenters. The van der Waals surface area contributed by atoms with E-state index in [1.165, 1.54) is 0 Å². The van der Waals surface area contributed by atoms with Gasteiger partial charge in [-0.1, -0.05) is 35.9 Å². The van der Waals surface area contributed by atoms with Crippen LogP contribution in [-0.2, 0) is 11.2 Å². The van der Waals surface area contributed by atoms with Crippen LogP contribution < -0.4 is 10.1 Å². The Hall–Kier alpha value is -2.53. The van der Waals surface area contributed by atoms with Crippen molar-refractivity contribution < 1.29 is 14.3 Å². The minimum absolute atomic E-state index is 0.0445. The van der Waals surface area contributed by atoms with Crippen LogP contribution in [0.25, 0.3) is 0 Å². The number of hydrogen-bond acceptors (Lipinski definition) is 3. The number of likely N-dealkylation sites (tertiary alicyclic amines) is 1. The third kappa shape index (κ3) is 5.54. The summed E-state index contributed by atoms with van der Waals surface area (Å²) in [6.07, 6.45) is 4.44. The van der Waals surface area contributed by atoms with Crippen molar-refractivity contribution in [3.05, 3.63) is 64.7 Å². The molecule has 30 heavy (non-hydrogen) atoms. The van der Waals surface area contributed by atoms with Crippen molar-refractivity contribution in [1.29, 1.82) is 0 Å². The normalized spacial score (nSPS) is 18.7. The zero-order valence-electron chi connectivity index (χ0n) is 17.0. The molecule has 2 aromatic rings. The van der Waals surface area contributed by atoms with Gasteiger partial charge in [0.05, 0.1) is 13.0 Å². The van der Waals surface area contributed by atoms with Crippen molar-refractivity contribution in [2.75, 3.05) is 19.7 Å². The van der Waals surface area contributed by atoms with E-state index in [1.54, 1.807) is 12.1 Å². The summed E-state index contributed by atoms with van der Waals surface area (Å²) in [5.41, 5.74) is 1.49. The third-order valence-electron chi connectivity index (χ3n) is 5.67. The summed E-state index contributed by atoms with van der Waals surface area (Å²) in [7, 11) is 0. The molecule has 0 bridgehead atoms. The first kappa shape index (κ1) is 20.7. The first-order valence-electron chi connectivity index (χ1n) is 10.6. The lowest BCUT2D eigenvalue weighted by Gasteiger charge is -2.33. The molecule has 5 nitrogen and oxygen atoms in total. The van der Waals surface area contributed by atoms with Gasteiger partial charge in [0.15, 0.2) is 0 Å². The molecule has 0 aromatic heterocycles. The van der Waals surface area contributed by atoms with E-state index < -0.39 is 0 Å². The van der Waals surface area contributed by atoms with Crippen LogP contribution >= 0.6 is 11.6 Å². The molecule has 1 aliphatic heterocycles. The highest BCUT2D eigenvalue weighted by atomic mass is 35.5. The number of piperidine rings is 1. The minimum atomic E-state index is -0.0445. The van der Waals surface area contributed by atoms with E-state index >= 15 is 0 Å². The predicted molar refractivity (Wildman–Crippen MR) is 117 cm³/mol. The molecule has 1 aliphatic carbocycles. The van der Waals surface area contributed by atoms with Gasteiger partial charge in [-0.2, -0.15) is 0 Å². The molecule has 1 N–H and O–H groups in total. The van der Waals surface area contributed by atoms with Gasteiger partial charge < -0.3 is 15.0 Å². The van der Waals surface area contributed by atoms with Crippen LogP contribution in [0.5, 0.6) is 5.75 Å². The summed E-state index contributed by atoms with van der Waals surface area (Å²) in [6, 6.07) is 15.1. The first-order valence-corrected chi connectivity index (χ1v) is 11.0. The number of nitrogens with zero attached hydrogens (tertiary/aromatic N) is 1. The van der Waals surface area contributed by atoms with E-state index in [0.717, 1.165) is 37.8 Å². The lowest BCUT2D eigenvalue weighted by molar-refractivity contribution is -0.132. The molecule has 158 valence electrons. The van der Waals surface area contributed by atoms with Crippen LogP contribution in [0.2, 0.25) is 5.02 Å². The molecule has 0 radical (unpaired) electrons. The number of halogens is 1. The number of benzene rings is 2. The highest BCUT2D eigenvalue weighted by Gasteiger charge is 2.25. The van der Waals surface area contributed by atoms with Crippen LogP contribution in [-0.4, -0.2) is 42.5 Å². The van der Waals surface area contributed by atoms with E-state index in [1.807, 2.05) is 41.3 Å². The number of rotatable bonds is 7. The Morgan fingerprint density at radius 2 is 1.93 bits per heavy atom. The van der Waals surface area contributed by atoms with Crippen LogP contribution in [0, 0.1) is 5.92 Å². The SMILES string of the molecule is O=C(NC1CC1)c1cccc(OCC2CCCN(C(=O)Cc3ccccc3Cl)C2)c1. The van der Waals surface area contributed by atoms with Crippen molar-refractivity contribution in [2.24, 2.45) is 5.92 Å². The van der Waals surface area contributed by atoms with Crippen molar-refractivity contribution in [2.45, 2.75) is 38.1 Å². The zero-order chi connectivity index (χ0) is 20.9. The van der Waals surface area contributed by atoms with E-state index in [9.17, 15) is 9.59 Å². The standard InChI is InChI=1S/C24H27ClN2O3/c25-22-9-2-1-6-18(22)14-23(28)27-12-4-5-17(15-27)16-30-21-8-3-7-19(13-21)24(29)26-20-10-11-20/h1-3,6-9,13,17,20H,4-5,10-12,14-16H2,(H,26,29). The largest absolute Gasteiger partial charge is 0.493 e. The summed E-state index contributed by atoms with van der Waals surface area (Å²) in [6.45, 7) is 1.99. The first-order chi connectivity index (χ1) is 14.6. The van der Waals surface area contributed by atoms with E-state index in [2.05, 4.69) is 5.32 Å². The Bertz CT molecular complexity index is 913. The Kier molecular flexibility index (Phi) is 6.58. The second-order valence-electron chi connectivity index (χ2n) is 8.20. The van der Waals surface area contributed by atoms with E-state index in [4.69, 9.17) is 16.3 Å². The van der Waals surface area contributed by atoms with Crippen LogP contribution in [0.15, 0.2) is 48.5 Å². The van der Waals surface area contributed by atoms with Gasteiger partial charge in [-0.05, 0) is 55.5 Å². The molecular formula is C24H27ClN2O3. The van der Waals surface area contributed by atoms with E-state index in [-0.39, 0.29) is 17.7 Å². The Morgan fingerprint density at radius 3 is 2.73 bits per heavy atom. The predicted octanol–water partition coefficient (Wildman–Crippen LogP) is 4.09. The molecule has 2 aromatic carbocycles. The van der Waals surface area contributed by atoms with Crippen LogP contribution in [0.1, 0.15) is 41.6 Å². The van der Waals surface area contributed by atoms with Gasteiger partial charge in [-0.25, -0.2) is 0 Å². The molecule has 4 rings (SSSR count). The number of nitrogens with one attached hydrogen (secondary N) is 1. The summed E-state index contributed by atoms with van der Waals surface area (Å²) >= 11 is 6.20. The highest BCUT2D eigenvalue weighted by Crippen LogP contribution is 2.23. The highest BCUT2D eigenvalue weighted by molar-refractivity contribution is 6.31. The molecule has 1 saturated heterocycles. The Morgan fingerprint density at radius 1 is 1.10 bits per heavy atom. The summed E-state index contributed by atoms with van der Waals surface area (Å²) in [4.78, 5) is 26.9. The molecule has 2 fully saturated rings. The second kappa shape index (κ2) is 9.52. The third-order valence-corrected chi connectivity index (χ3v) is 6.03. The monoisotopic (exact) mass is 426 g/mol. The lowest BCUT2D eigenvalue weighted by Crippen LogP contribution is -2.42. The van der Waals surface area contributed by atoms with Gasteiger partial charge in [-0.15, -0.1) is 0 Å². The number of carbonyl (C=O) groups is 2. The molecule has 1 unspecified atom stereocenters. The summed E-state index contributed by atoms with van der Waals surface area (Å²) in [5.74, 6) is 1.03. The van der Waals surface area contributed by atoms with Gasteiger partial charge in [0, 0.05) is 35.6 Å². The lowest BCUT2D eigenvalue weighted by atomic mass is 9.98. The summed E-state index contributed by atoms with van der Waals surface area (Å²) in [5, 5.41) is 3.63. The Balaban J connectivity index is 1.29. The molecule has 2 amide bonds.